The van der Waals surface area contributed by atoms with E-state index in [4.69, 9.17) is 11.6 Å². The fourth-order valence-electron chi connectivity index (χ4n) is 3.58. The Labute approximate surface area is 192 Å². The summed E-state index contributed by atoms with van der Waals surface area (Å²) in [7, 11) is 0. The van der Waals surface area contributed by atoms with Gasteiger partial charge in [-0.3, -0.25) is 10.1 Å². The molecule has 0 saturated carbocycles. The SMILES string of the molecule is Cc1nn(CC(=O)Nc2ncn(Cc3cccc(Cl)c3)n2)c2nccc(-c3cccs3)c12. The Bertz CT molecular complexity index is 1410. The summed E-state index contributed by atoms with van der Waals surface area (Å²) < 4.78 is 3.25. The van der Waals surface area contributed by atoms with Crippen LogP contribution in [0.2, 0.25) is 5.02 Å². The van der Waals surface area contributed by atoms with Crippen LogP contribution < -0.4 is 5.32 Å². The zero-order valence-corrected chi connectivity index (χ0v) is 18.6. The summed E-state index contributed by atoms with van der Waals surface area (Å²) in [6.07, 6.45) is 3.31. The number of thiophene rings is 1. The number of nitrogens with zero attached hydrogens (tertiary/aromatic N) is 6. The molecule has 8 nitrogen and oxygen atoms in total. The highest BCUT2D eigenvalue weighted by Crippen LogP contribution is 2.32. The van der Waals surface area contributed by atoms with Gasteiger partial charge >= 0.3 is 0 Å². The molecule has 0 spiro atoms. The molecule has 32 heavy (non-hydrogen) atoms. The van der Waals surface area contributed by atoms with E-state index in [9.17, 15) is 4.79 Å². The van der Waals surface area contributed by atoms with Crippen LogP contribution in [0.5, 0.6) is 0 Å². The van der Waals surface area contributed by atoms with Crippen LogP contribution in [0, 0.1) is 6.92 Å². The molecule has 4 heterocycles. The molecule has 0 radical (unpaired) electrons. The summed E-state index contributed by atoms with van der Waals surface area (Å²) in [6, 6.07) is 13.6. The second-order valence-corrected chi connectivity index (χ2v) is 8.61. The van der Waals surface area contributed by atoms with Crippen molar-refractivity contribution in [1.82, 2.24) is 29.5 Å². The van der Waals surface area contributed by atoms with Crippen LogP contribution >= 0.6 is 22.9 Å². The normalized spacial score (nSPS) is 11.2. The molecule has 0 saturated heterocycles. The number of aromatic nitrogens is 6. The molecule has 10 heteroatoms. The molecule has 5 rings (SSSR count). The van der Waals surface area contributed by atoms with E-state index in [1.807, 2.05) is 48.7 Å². The summed E-state index contributed by atoms with van der Waals surface area (Å²) >= 11 is 7.69. The number of anilines is 1. The van der Waals surface area contributed by atoms with Crippen molar-refractivity contribution in [3.05, 3.63) is 76.6 Å². The van der Waals surface area contributed by atoms with Crippen LogP contribution in [0.15, 0.2) is 60.4 Å². The number of hydrogen-bond acceptors (Lipinski definition) is 6. The lowest BCUT2D eigenvalue weighted by molar-refractivity contribution is -0.116. The predicted octanol–water partition coefficient (Wildman–Crippen LogP) is 4.40. The van der Waals surface area contributed by atoms with E-state index < -0.39 is 0 Å². The van der Waals surface area contributed by atoms with Crippen molar-refractivity contribution in [1.29, 1.82) is 0 Å². The summed E-state index contributed by atoms with van der Waals surface area (Å²) in [6.45, 7) is 2.44. The molecule has 4 aromatic heterocycles. The van der Waals surface area contributed by atoms with E-state index in [-0.39, 0.29) is 18.4 Å². The Kier molecular flexibility index (Phi) is 5.42. The second-order valence-electron chi connectivity index (χ2n) is 7.22. The lowest BCUT2D eigenvalue weighted by Crippen LogP contribution is -2.20. The first-order chi connectivity index (χ1) is 15.6. The Hall–Kier alpha value is -3.56. The molecule has 0 fully saturated rings. The van der Waals surface area contributed by atoms with Crippen molar-refractivity contribution in [2.24, 2.45) is 0 Å². The van der Waals surface area contributed by atoms with Crippen LogP contribution in [0.25, 0.3) is 21.5 Å². The average molecular weight is 464 g/mol. The number of pyridine rings is 1. The van der Waals surface area contributed by atoms with Gasteiger partial charge in [0.05, 0.1) is 17.6 Å². The zero-order chi connectivity index (χ0) is 22.1. The Morgan fingerprint density at radius 2 is 2.06 bits per heavy atom. The summed E-state index contributed by atoms with van der Waals surface area (Å²) in [5.41, 5.74) is 3.55. The van der Waals surface area contributed by atoms with Gasteiger partial charge in [-0.25, -0.2) is 19.3 Å². The van der Waals surface area contributed by atoms with Crippen molar-refractivity contribution in [3.63, 3.8) is 0 Å². The van der Waals surface area contributed by atoms with Gasteiger partial charge in [-0.2, -0.15) is 5.10 Å². The Morgan fingerprint density at radius 1 is 1.16 bits per heavy atom. The highest BCUT2D eigenvalue weighted by molar-refractivity contribution is 7.13. The molecule has 0 bridgehead atoms. The van der Waals surface area contributed by atoms with E-state index in [1.54, 1.807) is 33.2 Å². The minimum atomic E-state index is -0.279. The first-order valence-corrected chi connectivity index (χ1v) is 11.1. The number of benzene rings is 1. The van der Waals surface area contributed by atoms with Gasteiger partial charge in [0.15, 0.2) is 5.65 Å². The molecule has 0 aliphatic carbocycles. The number of halogens is 1. The lowest BCUT2D eigenvalue weighted by atomic mass is 10.1. The van der Waals surface area contributed by atoms with Gasteiger partial charge in [0, 0.05) is 21.7 Å². The van der Waals surface area contributed by atoms with Crippen molar-refractivity contribution in [2.45, 2.75) is 20.0 Å². The van der Waals surface area contributed by atoms with Crippen LogP contribution in [0.3, 0.4) is 0 Å². The summed E-state index contributed by atoms with van der Waals surface area (Å²) in [5.74, 6) is -0.0457. The third kappa shape index (κ3) is 4.12. The fourth-order valence-corrected chi connectivity index (χ4v) is 4.55. The second kappa shape index (κ2) is 8.52. The zero-order valence-electron chi connectivity index (χ0n) is 17.1. The highest BCUT2D eigenvalue weighted by atomic mass is 35.5. The number of fused-ring (bicyclic) bond motifs is 1. The topological polar surface area (TPSA) is 90.5 Å². The minimum Gasteiger partial charge on any atom is -0.292 e. The van der Waals surface area contributed by atoms with Gasteiger partial charge < -0.3 is 0 Å². The van der Waals surface area contributed by atoms with E-state index in [2.05, 4.69) is 31.5 Å². The first kappa shape index (κ1) is 20.3. The number of carbonyl (C=O) groups is 1. The summed E-state index contributed by atoms with van der Waals surface area (Å²) in [4.78, 5) is 22.4. The van der Waals surface area contributed by atoms with Crippen LogP contribution in [0.1, 0.15) is 11.3 Å². The van der Waals surface area contributed by atoms with Gasteiger partial charge in [0.2, 0.25) is 11.9 Å². The van der Waals surface area contributed by atoms with Crippen molar-refractivity contribution >= 4 is 45.8 Å². The number of nitrogens with one attached hydrogen (secondary N) is 1. The standard InChI is InChI=1S/C22H18ClN7OS/c1-14-20-17(18-6-3-9-32-18)7-8-24-21(20)30(27-14)12-19(31)26-22-25-13-29(28-22)11-15-4-2-5-16(23)10-15/h2-10,13H,11-12H2,1H3,(H,26,28,31). The maximum atomic E-state index is 12.7. The minimum absolute atomic E-state index is 0.00800. The van der Waals surface area contributed by atoms with Crippen LogP contribution in [-0.4, -0.2) is 35.4 Å². The molecule has 1 aromatic carbocycles. The van der Waals surface area contributed by atoms with Gasteiger partial charge in [-0.15, -0.1) is 16.4 Å². The third-order valence-electron chi connectivity index (χ3n) is 4.91. The molecular formula is C22H18ClN7OS. The van der Waals surface area contributed by atoms with Gasteiger partial charge in [-0.1, -0.05) is 29.8 Å². The number of carbonyl (C=O) groups excluding carboxylic acids is 1. The molecule has 0 atom stereocenters. The molecule has 1 amide bonds. The maximum Gasteiger partial charge on any atom is 0.248 e. The van der Waals surface area contributed by atoms with E-state index >= 15 is 0 Å². The van der Waals surface area contributed by atoms with E-state index in [1.165, 1.54) is 0 Å². The highest BCUT2D eigenvalue weighted by Gasteiger charge is 2.17. The van der Waals surface area contributed by atoms with Gasteiger partial charge in [-0.05, 0) is 42.1 Å². The first-order valence-electron chi connectivity index (χ1n) is 9.86. The molecule has 0 unspecified atom stereocenters. The smallest absolute Gasteiger partial charge is 0.248 e. The quantitative estimate of drug-likeness (QED) is 0.403. The van der Waals surface area contributed by atoms with Crippen molar-refractivity contribution < 1.29 is 4.79 Å². The molecule has 0 aliphatic rings. The van der Waals surface area contributed by atoms with Crippen LogP contribution in [0.4, 0.5) is 5.95 Å². The average Bonchev–Trinajstić information content (AvgIpc) is 3.50. The third-order valence-corrected chi connectivity index (χ3v) is 6.05. The number of hydrogen-bond donors (Lipinski definition) is 1. The Balaban J connectivity index is 1.32. The Morgan fingerprint density at radius 3 is 2.88 bits per heavy atom. The number of rotatable bonds is 6. The van der Waals surface area contributed by atoms with E-state index in [0.29, 0.717) is 17.2 Å². The predicted molar refractivity (Wildman–Crippen MR) is 125 cm³/mol. The van der Waals surface area contributed by atoms with Gasteiger partial charge in [0.1, 0.15) is 12.9 Å². The molecular weight excluding hydrogens is 446 g/mol. The molecule has 0 aliphatic heterocycles. The maximum absolute atomic E-state index is 12.7. The number of aryl methyl sites for hydroxylation is 1. The molecule has 5 aromatic rings. The van der Waals surface area contributed by atoms with Gasteiger partial charge in [0.25, 0.3) is 0 Å². The monoisotopic (exact) mass is 463 g/mol. The number of amides is 1. The van der Waals surface area contributed by atoms with Crippen molar-refractivity contribution in [2.75, 3.05) is 5.32 Å². The summed E-state index contributed by atoms with van der Waals surface area (Å²) in [5, 5.41) is 15.2. The largest absolute Gasteiger partial charge is 0.292 e. The lowest BCUT2D eigenvalue weighted by Gasteiger charge is -2.04. The fraction of sp³-hybridized carbons (Fsp3) is 0.136. The molecule has 160 valence electrons. The molecule has 1 N–H and O–H groups in total. The van der Waals surface area contributed by atoms with E-state index in [0.717, 1.165) is 27.1 Å². The van der Waals surface area contributed by atoms with Crippen molar-refractivity contribution in [3.8, 4) is 10.4 Å². The van der Waals surface area contributed by atoms with Crippen LogP contribution in [-0.2, 0) is 17.9 Å².